The number of nitrogens with one attached hydrogen (secondary N) is 1. The van der Waals surface area contributed by atoms with Crippen LogP contribution < -0.4 is 5.32 Å². The van der Waals surface area contributed by atoms with Gasteiger partial charge in [0.25, 0.3) is 0 Å². The molecule has 7 heteroatoms. The van der Waals surface area contributed by atoms with Crippen molar-refractivity contribution in [3.8, 4) is 10.6 Å². The fourth-order valence-electron chi connectivity index (χ4n) is 4.63. The normalized spacial score (nSPS) is 23.4. The Morgan fingerprint density at radius 2 is 1.97 bits per heavy atom. The number of thiophene rings is 1. The van der Waals surface area contributed by atoms with Crippen molar-refractivity contribution in [2.24, 2.45) is 17.3 Å². The molecule has 1 saturated carbocycles. The molecular formula is C22H28N2O3S2. The molecule has 1 fully saturated rings. The Hall–Kier alpha value is -1.73. The van der Waals surface area contributed by atoms with Gasteiger partial charge in [0.15, 0.2) is 0 Å². The Labute approximate surface area is 179 Å². The average Bonchev–Trinajstić information content (AvgIpc) is 3.23. The minimum absolute atomic E-state index is 0.149. The first-order chi connectivity index (χ1) is 13.7. The molecule has 2 aliphatic carbocycles. The number of hydrogen-bond acceptors (Lipinski definition) is 5. The Bertz CT molecular complexity index is 944. The summed E-state index contributed by atoms with van der Waals surface area (Å²) < 4.78 is 0. The number of fused-ring (bicyclic) bond motifs is 1. The molecule has 2 aromatic rings. The van der Waals surface area contributed by atoms with Gasteiger partial charge in [-0.2, -0.15) is 0 Å². The molecule has 156 valence electrons. The fourth-order valence-corrected chi connectivity index (χ4v) is 7.08. The Kier molecular flexibility index (Phi) is 5.55. The molecule has 1 amide bonds. The minimum Gasteiger partial charge on any atom is -0.481 e. The molecule has 2 atom stereocenters. The SMILES string of the molecule is Cc1csc(-c2c(NC(=O)[C@@H]3CCCC[C@H]3C(=O)O)sc3c2CCC(C)(C)C3)n1. The lowest BCUT2D eigenvalue weighted by Gasteiger charge is -2.29. The second-order valence-corrected chi connectivity index (χ2v) is 11.1. The largest absolute Gasteiger partial charge is 0.481 e. The van der Waals surface area contributed by atoms with E-state index in [1.807, 2.05) is 12.3 Å². The Morgan fingerprint density at radius 3 is 2.62 bits per heavy atom. The van der Waals surface area contributed by atoms with Crippen LogP contribution in [-0.2, 0) is 22.4 Å². The van der Waals surface area contributed by atoms with Crippen molar-refractivity contribution < 1.29 is 14.7 Å². The number of carboxylic acid groups (broad SMARTS) is 1. The quantitative estimate of drug-likeness (QED) is 0.666. The highest BCUT2D eigenvalue weighted by molar-refractivity contribution is 7.18. The van der Waals surface area contributed by atoms with Crippen LogP contribution in [0.25, 0.3) is 10.6 Å². The summed E-state index contributed by atoms with van der Waals surface area (Å²) in [6, 6.07) is 0. The summed E-state index contributed by atoms with van der Waals surface area (Å²) in [5, 5.41) is 16.5. The van der Waals surface area contributed by atoms with Crippen LogP contribution in [0.15, 0.2) is 5.38 Å². The second kappa shape index (κ2) is 7.84. The lowest BCUT2D eigenvalue weighted by atomic mass is 9.77. The summed E-state index contributed by atoms with van der Waals surface area (Å²) in [5.74, 6) is -2.04. The maximum absolute atomic E-state index is 13.1. The third-order valence-corrected chi connectivity index (χ3v) is 8.40. The van der Waals surface area contributed by atoms with Crippen LogP contribution in [0, 0.1) is 24.2 Å². The third kappa shape index (κ3) is 4.12. The van der Waals surface area contributed by atoms with Crippen LogP contribution in [-0.4, -0.2) is 22.0 Å². The van der Waals surface area contributed by atoms with Crippen molar-refractivity contribution in [3.63, 3.8) is 0 Å². The number of carboxylic acids is 1. The summed E-state index contributed by atoms with van der Waals surface area (Å²) in [4.78, 5) is 30.8. The predicted molar refractivity (Wildman–Crippen MR) is 118 cm³/mol. The standard InChI is InChI=1S/C22H28N2O3S2/c1-12-11-28-19(23-12)17-15-8-9-22(2,3)10-16(15)29-20(17)24-18(25)13-6-4-5-7-14(13)21(26)27/h11,13-14H,4-10H2,1-3H3,(H,24,25)(H,26,27)/t13-,14-/m1/s1. The molecule has 2 N–H and O–H groups in total. The minimum atomic E-state index is -0.854. The van der Waals surface area contributed by atoms with Crippen molar-refractivity contribution in [1.29, 1.82) is 0 Å². The van der Waals surface area contributed by atoms with Crippen molar-refractivity contribution in [1.82, 2.24) is 4.98 Å². The summed E-state index contributed by atoms with van der Waals surface area (Å²) in [6.45, 7) is 6.57. The predicted octanol–water partition coefficient (Wildman–Crippen LogP) is 5.52. The molecule has 0 saturated heterocycles. The molecule has 0 aromatic carbocycles. The zero-order valence-corrected chi connectivity index (χ0v) is 18.8. The maximum Gasteiger partial charge on any atom is 0.307 e. The average molecular weight is 433 g/mol. The van der Waals surface area contributed by atoms with E-state index in [1.54, 1.807) is 22.7 Å². The van der Waals surface area contributed by atoms with Gasteiger partial charge in [0.2, 0.25) is 5.91 Å². The van der Waals surface area contributed by atoms with Crippen molar-refractivity contribution in [2.75, 3.05) is 5.32 Å². The first kappa shape index (κ1) is 20.5. The van der Waals surface area contributed by atoms with E-state index in [0.29, 0.717) is 12.8 Å². The highest BCUT2D eigenvalue weighted by atomic mass is 32.1. The highest BCUT2D eigenvalue weighted by Crippen LogP contribution is 2.49. The third-order valence-electron chi connectivity index (χ3n) is 6.27. The van der Waals surface area contributed by atoms with Crippen LogP contribution in [0.1, 0.15) is 62.1 Å². The van der Waals surface area contributed by atoms with Gasteiger partial charge in [-0.15, -0.1) is 22.7 Å². The lowest BCUT2D eigenvalue weighted by molar-refractivity contribution is -0.147. The zero-order valence-electron chi connectivity index (χ0n) is 17.2. The highest BCUT2D eigenvalue weighted by Gasteiger charge is 2.37. The van der Waals surface area contributed by atoms with Gasteiger partial charge in [0.1, 0.15) is 10.0 Å². The molecule has 2 aliphatic rings. The smallest absolute Gasteiger partial charge is 0.307 e. The summed E-state index contributed by atoms with van der Waals surface area (Å²) in [6.07, 6.45) is 6.13. The first-order valence-electron chi connectivity index (χ1n) is 10.4. The summed E-state index contributed by atoms with van der Waals surface area (Å²) >= 11 is 3.27. The van der Waals surface area contributed by atoms with Crippen LogP contribution >= 0.6 is 22.7 Å². The van der Waals surface area contributed by atoms with Crippen molar-refractivity contribution in [2.45, 2.75) is 65.7 Å². The molecule has 5 nitrogen and oxygen atoms in total. The summed E-state index contributed by atoms with van der Waals surface area (Å²) in [7, 11) is 0. The number of carbonyl (C=O) groups excluding carboxylic acids is 1. The number of nitrogens with zero attached hydrogens (tertiary/aromatic N) is 1. The van der Waals surface area contributed by atoms with Gasteiger partial charge in [-0.3, -0.25) is 9.59 Å². The molecule has 29 heavy (non-hydrogen) atoms. The number of aryl methyl sites for hydroxylation is 1. The molecule has 4 rings (SSSR count). The number of thiazole rings is 1. The molecular weight excluding hydrogens is 404 g/mol. The van der Waals surface area contributed by atoms with E-state index in [2.05, 4.69) is 19.2 Å². The zero-order chi connectivity index (χ0) is 20.8. The lowest BCUT2D eigenvalue weighted by Crippen LogP contribution is -2.35. The first-order valence-corrected chi connectivity index (χ1v) is 12.1. The molecule has 0 unspecified atom stereocenters. The van der Waals surface area contributed by atoms with E-state index in [1.165, 1.54) is 10.4 Å². The molecule has 0 aliphatic heterocycles. The molecule has 2 aromatic heterocycles. The fraction of sp³-hybridized carbons (Fsp3) is 0.591. The van der Waals surface area contributed by atoms with Crippen LogP contribution in [0.3, 0.4) is 0 Å². The molecule has 2 heterocycles. The molecule has 0 radical (unpaired) electrons. The number of hydrogen-bond donors (Lipinski definition) is 2. The van der Waals surface area contributed by atoms with Crippen LogP contribution in [0.4, 0.5) is 5.00 Å². The van der Waals surface area contributed by atoms with Gasteiger partial charge in [-0.05, 0) is 50.0 Å². The Morgan fingerprint density at radius 1 is 1.24 bits per heavy atom. The van der Waals surface area contributed by atoms with Crippen LogP contribution in [0.2, 0.25) is 0 Å². The van der Waals surface area contributed by atoms with E-state index < -0.39 is 17.8 Å². The van der Waals surface area contributed by atoms with E-state index >= 15 is 0 Å². The van der Waals surface area contributed by atoms with Gasteiger partial charge in [0.05, 0.1) is 11.8 Å². The number of amides is 1. The molecule has 0 bridgehead atoms. The van der Waals surface area contributed by atoms with Crippen LogP contribution in [0.5, 0.6) is 0 Å². The van der Waals surface area contributed by atoms with E-state index in [-0.39, 0.29) is 11.3 Å². The van der Waals surface area contributed by atoms with Gasteiger partial charge in [0, 0.05) is 21.5 Å². The van der Waals surface area contributed by atoms with Gasteiger partial charge >= 0.3 is 5.97 Å². The number of carbonyl (C=O) groups is 2. The summed E-state index contributed by atoms with van der Waals surface area (Å²) in [5.41, 5.74) is 3.62. The molecule has 0 spiro atoms. The van der Waals surface area contributed by atoms with E-state index in [0.717, 1.165) is 53.4 Å². The van der Waals surface area contributed by atoms with Gasteiger partial charge in [-0.25, -0.2) is 4.98 Å². The number of rotatable bonds is 4. The maximum atomic E-state index is 13.1. The van der Waals surface area contributed by atoms with E-state index in [9.17, 15) is 14.7 Å². The number of aromatic nitrogens is 1. The van der Waals surface area contributed by atoms with Gasteiger partial charge < -0.3 is 10.4 Å². The number of aliphatic carboxylic acids is 1. The Balaban J connectivity index is 1.69. The monoisotopic (exact) mass is 432 g/mol. The van der Waals surface area contributed by atoms with E-state index in [4.69, 9.17) is 4.98 Å². The second-order valence-electron chi connectivity index (χ2n) is 9.17. The van der Waals surface area contributed by atoms with Crippen molar-refractivity contribution >= 4 is 39.6 Å². The number of anilines is 1. The topological polar surface area (TPSA) is 79.3 Å². The van der Waals surface area contributed by atoms with Gasteiger partial charge in [-0.1, -0.05) is 26.7 Å². The van der Waals surface area contributed by atoms with Crippen molar-refractivity contribution in [3.05, 3.63) is 21.5 Å².